The van der Waals surface area contributed by atoms with Crippen LogP contribution < -0.4 is 4.90 Å². The summed E-state index contributed by atoms with van der Waals surface area (Å²) in [7, 11) is 2.04. The Bertz CT molecular complexity index is 325. The molecule has 1 aromatic heterocycles. The summed E-state index contributed by atoms with van der Waals surface area (Å²) in [6, 6.07) is 0.530. The summed E-state index contributed by atoms with van der Waals surface area (Å²) in [6.07, 6.45) is 5.98. The number of hydrogen-bond donors (Lipinski definition) is 0. The molecule has 0 radical (unpaired) electrons. The summed E-state index contributed by atoms with van der Waals surface area (Å²) in [6.45, 7) is 2.22. The molecule has 0 bridgehead atoms. The first kappa shape index (κ1) is 9.71. The lowest BCUT2D eigenvalue weighted by Gasteiger charge is -2.25. The molecule has 14 heavy (non-hydrogen) atoms. The van der Waals surface area contributed by atoms with Gasteiger partial charge >= 0.3 is 0 Å². The third-order valence-electron chi connectivity index (χ3n) is 2.87. The standard InChI is InChI=1S/C10H14ClN3/c1-7(8-3-4-8)14(2)10-6-12-5-9(11)13-10/h5-8H,3-4H2,1-2H3. The predicted octanol–water partition coefficient (Wildman–Crippen LogP) is 2.36. The lowest BCUT2D eigenvalue weighted by Crippen LogP contribution is -2.31. The van der Waals surface area contributed by atoms with Crippen LogP contribution in [-0.2, 0) is 0 Å². The molecular formula is C10H14ClN3. The van der Waals surface area contributed by atoms with E-state index in [1.807, 2.05) is 7.05 Å². The first-order valence-corrected chi connectivity index (χ1v) is 5.26. The number of rotatable bonds is 3. The van der Waals surface area contributed by atoms with Crippen LogP contribution in [0.4, 0.5) is 5.82 Å². The zero-order valence-corrected chi connectivity index (χ0v) is 9.20. The second-order valence-electron chi connectivity index (χ2n) is 3.89. The highest BCUT2D eigenvalue weighted by molar-refractivity contribution is 6.29. The Morgan fingerprint density at radius 3 is 2.79 bits per heavy atom. The van der Waals surface area contributed by atoms with Crippen LogP contribution in [0.2, 0.25) is 5.15 Å². The van der Waals surface area contributed by atoms with Gasteiger partial charge in [0.15, 0.2) is 0 Å². The van der Waals surface area contributed by atoms with E-state index in [4.69, 9.17) is 11.6 Å². The van der Waals surface area contributed by atoms with E-state index < -0.39 is 0 Å². The van der Waals surface area contributed by atoms with Crippen molar-refractivity contribution in [1.82, 2.24) is 9.97 Å². The van der Waals surface area contributed by atoms with Gasteiger partial charge in [-0.25, -0.2) is 4.98 Å². The van der Waals surface area contributed by atoms with Gasteiger partial charge in [-0.05, 0) is 25.7 Å². The van der Waals surface area contributed by atoms with Gasteiger partial charge in [0.25, 0.3) is 0 Å². The molecule has 0 aliphatic heterocycles. The van der Waals surface area contributed by atoms with Crippen molar-refractivity contribution < 1.29 is 0 Å². The zero-order valence-electron chi connectivity index (χ0n) is 8.44. The van der Waals surface area contributed by atoms with Crippen molar-refractivity contribution in [2.45, 2.75) is 25.8 Å². The van der Waals surface area contributed by atoms with Gasteiger partial charge in [0.1, 0.15) is 11.0 Å². The molecule has 0 saturated heterocycles. The lowest BCUT2D eigenvalue weighted by molar-refractivity contribution is 0.603. The minimum absolute atomic E-state index is 0.456. The number of anilines is 1. The van der Waals surface area contributed by atoms with Crippen LogP contribution in [0.5, 0.6) is 0 Å². The van der Waals surface area contributed by atoms with Crippen LogP contribution >= 0.6 is 11.6 Å². The maximum absolute atomic E-state index is 5.79. The molecule has 4 heteroatoms. The minimum atomic E-state index is 0.456. The molecular weight excluding hydrogens is 198 g/mol. The lowest BCUT2D eigenvalue weighted by atomic mass is 10.2. The van der Waals surface area contributed by atoms with Gasteiger partial charge in [0.2, 0.25) is 0 Å². The monoisotopic (exact) mass is 211 g/mol. The van der Waals surface area contributed by atoms with Gasteiger partial charge < -0.3 is 4.90 Å². The van der Waals surface area contributed by atoms with Crippen LogP contribution in [0, 0.1) is 5.92 Å². The largest absolute Gasteiger partial charge is 0.355 e. The molecule has 0 aromatic carbocycles. The molecule has 2 rings (SSSR count). The van der Waals surface area contributed by atoms with Gasteiger partial charge in [0.05, 0.1) is 12.4 Å². The van der Waals surface area contributed by atoms with Crippen molar-refractivity contribution in [3.63, 3.8) is 0 Å². The Kier molecular flexibility index (Phi) is 2.59. The Morgan fingerprint density at radius 2 is 2.21 bits per heavy atom. The molecule has 1 heterocycles. The van der Waals surface area contributed by atoms with Gasteiger partial charge in [-0.1, -0.05) is 11.6 Å². The van der Waals surface area contributed by atoms with E-state index in [1.165, 1.54) is 12.8 Å². The fraction of sp³-hybridized carbons (Fsp3) is 0.600. The quantitative estimate of drug-likeness (QED) is 0.769. The second-order valence-corrected chi connectivity index (χ2v) is 4.28. The molecule has 0 spiro atoms. The molecule has 1 unspecified atom stereocenters. The highest BCUT2D eigenvalue weighted by Gasteiger charge is 2.31. The Labute approximate surface area is 89.1 Å². The van der Waals surface area contributed by atoms with Gasteiger partial charge in [-0.2, -0.15) is 0 Å². The van der Waals surface area contributed by atoms with E-state index in [0.717, 1.165) is 11.7 Å². The predicted molar refractivity (Wildman–Crippen MR) is 57.6 cm³/mol. The van der Waals surface area contributed by atoms with E-state index in [0.29, 0.717) is 11.2 Å². The average molecular weight is 212 g/mol. The molecule has 0 N–H and O–H groups in total. The molecule has 1 aromatic rings. The van der Waals surface area contributed by atoms with Crippen molar-refractivity contribution in [2.24, 2.45) is 5.92 Å². The van der Waals surface area contributed by atoms with Crippen molar-refractivity contribution >= 4 is 17.4 Å². The van der Waals surface area contributed by atoms with Crippen molar-refractivity contribution in [3.05, 3.63) is 17.5 Å². The van der Waals surface area contributed by atoms with E-state index in [2.05, 4.69) is 21.8 Å². The zero-order chi connectivity index (χ0) is 10.1. The summed E-state index contributed by atoms with van der Waals surface area (Å²) in [5.41, 5.74) is 0. The molecule has 76 valence electrons. The Hall–Kier alpha value is -0.830. The second kappa shape index (κ2) is 3.73. The van der Waals surface area contributed by atoms with E-state index in [1.54, 1.807) is 12.4 Å². The van der Waals surface area contributed by atoms with Crippen LogP contribution in [-0.4, -0.2) is 23.1 Å². The maximum Gasteiger partial charge on any atom is 0.149 e. The van der Waals surface area contributed by atoms with Crippen molar-refractivity contribution in [1.29, 1.82) is 0 Å². The highest BCUT2D eigenvalue weighted by atomic mass is 35.5. The SMILES string of the molecule is CC(C1CC1)N(C)c1cncc(Cl)n1. The van der Waals surface area contributed by atoms with E-state index in [9.17, 15) is 0 Å². The van der Waals surface area contributed by atoms with Crippen LogP contribution in [0.25, 0.3) is 0 Å². The van der Waals surface area contributed by atoms with Gasteiger partial charge in [-0.3, -0.25) is 4.98 Å². The molecule has 1 atom stereocenters. The summed E-state index contributed by atoms with van der Waals surface area (Å²) < 4.78 is 0. The number of nitrogens with zero attached hydrogens (tertiary/aromatic N) is 3. The van der Waals surface area contributed by atoms with Crippen LogP contribution in [0.3, 0.4) is 0 Å². The topological polar surface area (TPSA) is 29.0 Å². The van der Waals surface area contributed by atoms with E-state index in [-0.39, 0.29) is 0 Å². The van der Waals surface area contributed by atoms with Crippen molar-refractivity contribution in [3.8, 4) is 0 Å². The molecule has 1 aliphatic carbocycles. The molecule has 3 nitrogen and oxygen atoms in total. The van der Waals surface area contributed by atoms with E-state index >= 15 is 0 Å². The van der Waals surface area contributed by atoms with Crippen LogP contribution in [0.1, 0.15) is 19.8 Å². The average Bonchev–Trinajstić information content (AvgIpc) is 2.99. The maximum atomic E-state index is 5.79. The smallest absolute Gasteiger partial charge is 0.149 e. The summed E-state index contributed by atoms with van der Waals surface area (Å²) in [5, 5.41) is 0.456. The number of halogens is 1. The van der Waals surface area contributed by atoms with Crippen molar-refractivity contribution in [2.75, 3.05) is 11.9 Å². The normalized spacial score (nSPS) is 17.9. The Balaban J connectivity index is 2.13. The summed E-state index contributed by atoms with van der Waals surface area (Å²) >= 11 is 5.79. The molecule has 1 aliphatic rings. The number of hydrogen-bond acceptors (Lipinski definition) is 3. The molecule has 0 amide bonds. The fourth-order valence-corrected chi connectivity index (χ4v) is 1.75. The third-order valence-corrected chi connectivity index (χ3v) is 3.05. The first-order chi connectivity index (χ1) is 6.68. The first-order valence-electron chi connectivity index (χ1n) is 4.89. The van der Waals surface area contributed by atoms with Gasteiger partial charge in [-0.15, -0.1) is 0 Å². The van der Waals surface area contributed by atoms with Gasteiger partial charge in [0, 0.05) is 13.1 Å². The summed E-state index contributed by atoms with van der Waals surface area (Å²) in [5.74, 6) is 1.68. The third kappa shape index (κ3) is 1.98. The van der Waals surface area contributed by atoms with Crippen LogP contribution in [0.15, 0.2) is 12.4 Å². The highest BCUT2D eigenvalue weighted by Crippen LogP contribution is 2.35. The molecule has 1 fully saturated rings. The summed E-state index contributed by atoms with van der Waals surface area (Å²) in [4.78, 5) is 10.4. The Morgan fingerprint density at radius 1 is 1.50 bits per heavy atom. The fourth-order valence-electron chi connectivity index (χ4n) is 1.61. The molecule has 1 saturated carbocycles. The minimum Gasteiger partial charge on any atom is -0.355 e. The number of aromatic nitrogens is 2.